The Morgan fingerprint density at radius 2 is 2.10 bits per heavy atom. The number of likely N-dealkylation sites (tertiary alicyclic amines) is 1. The van der Waals surface area contributed by atoms with Crippen molar-refractivity contribution in [3.8, 4) is 0 Å². The van der Waals surface area contributed by atoms with Gasteiger partial charge in [-0.3, -0.25) is 14.6 Å². The number of piperidine rings is 1. The van der Waals surface area contributed by atoms with Crippen molar-refractivity contribution < 1.29 is 14.7 Å². The van der Waals surface area contributed by atoms with E-state index in [-0.39, 0.29) is 12.3 Å². The molecule has 5 nitrogen and oxygen atoms in total. The molecule has 0 saturated carbocycles. The van der Waals surface area contributed by atoms with Crippen molar-refractivity contribution in [2.75, 3.05) is 13.1 Å². The van der Waals surface area contributed by atoms with Crippen LogP contribution in [-0.2, 0) is 16.0 Å². The van der Waals surface area contributed by atoms with E-state index in [0.29, 0.717) is 12.3 Å². The second-order valence-corrected chi connectivity index (χ2v) is 5.70. The Morgan fingerprint density at radius 3 is 2.71 bits per heavy atom. The van der Waals surface area contributed by atoms with Crippen molar-refractivity contribution in [2.24, 2.45) is 5.92 Å². The van der Waals surface area contributed by atoms with Gasteiger partial charge in [-0.15, -0.1) is 0 Å². The van der Waals surface area contributed by atoms with E-state index in [1.807, 2.05) is 24.0 Å². The highest BCUT2D eigenvalue weighted by atomic mass is 16.4. The Bertz CT molecular complexity index is 508. The van der Waals surface area contributed by atoms with Crippen molar-refractivity contribution >= 4 is 11.9 Å². The Hall–Kier alpha value is -1.91. The Kier molecular flexibility index (Phi) is 5.31. The second kappa shape index (κ2) is 7.20. The topological polar surface area (TPSA) is 70.5 Å². The molecule has 2 heterocycles. The van der Waals surface area contributed by atoms with E-state index in [0.717, 1.165) is 43.6 Å². The van der Waals surface area contributed by atoms with Crippen molar-refractivity contribution in [2.45, 2.75) is 39.0 Å². The molecule has 1 amide bonds. The lowest BCUT2D eigenvalue weighted by Crippen LogP contribution is -2.39. The van der Waals surface area contributed by atoms with Crippen LogP contribution >= 0.6 is 0 Å². The lowest BCUT2D eigenvalue weighted by atomic mass is 9.92. The zero-order chi connectivity index (χ0) is 15.2. The number of carbonyl (C=O) groups is 2. The molecule has 1 aliphatic heterocycles. The monoisotopic (exact) mass is 290 g/mol. The zero-order valence-corrected chi connectivity index (χ0v) is 12.4. The number of rotatable bonds is 5. The first-order valence-electron chi connectivity index (χ1n) is 7.46. The van der Waals surface area contributed by atoms with Crippen LogP contribution in [0.25, 0.3) is 0 Å². The second-order valence-electron chi connectivity index (χ2n) is 5.70. The highest BCUT2D eigenvalue weighted by molar-refractivity contribution is 5.78. The lowest BCUT2D eigenvalue weighted by molar-refractivity contribution is -0.138. The molecule has 1 aromatic heterocycles. The van der Waals surface area contributed by atoms with Gasteiger partial charge in [0.2, 0.25) is 5.91 Å². The first-order chi connectivity index (χ1) is 10.1. The number of hydrogen-bond acceptors (Lipinski definition) is 3. The minimum absolute atomic E-state index is 0.119. The smallest absolute Gasteiger partial charge is 0.303 e. The number of hydrogen-bond donors (Lipinski definition) is 1. The van der Waals surface area contributed by atoms with Gasteiger partial charge in [0.1, 0.15) is 0 Å². The summed E-state index contributed by atoms with van der Waals surface area (Å²) < 4.78 is 0. The average molecular weight is 290 g/mol. The molecule has 114 valence electrons. The summed E-state index contributed by atoms with van der Waals surface area (Å²) in [7, 11) is 0. The third-order valence-electron chi connectivity index (χ3n) is 4.17. The predicted molar refractivity (Wildman–Crippen MR) is 78.9 cm³/mol. The van der Waals surface area contributed by atoms with Crippen LogP contribution < -0.4 is 0 Å². The number of carbonyl (C=O) groups excluding carboxylic acids is 1. The number of aliphatic carboxylic acids is 1. The number of carboxylic acid groups (broad SMARTS) is 1. The molecule has 1 aromatic rings. The van der Waals surface area contributed by atoms with Gasteiger partial charge < -0.3 is 10.0 Å². The van der Waals surface area contributed by atoms with Gasteiger partial charge in [-0.05, 0) is 43.7 Å². The molecule has 0 spiro atoms. The number of amides is 1. The van der Waals surface area contributed by atoms with E-state index < -0.39 is 5.97 Å². The maximum atomic E-state index is 12.3. The summed E-state index contributed by atoms with van der Waals surface area (Å²) in [6.07, 6.45) is 4.82. The van der Waals surface area contributed by atoms with Gasteiger partial charge in [0.15, 0.2) is 0 Å². The largest absolute Gasteiger partial charge is 0.481 e. The third-order valence-corrected chi connectivity index (χ3v) is 4.17. The molecular weight excluding hydrogens is 268 g/mol. The minimum atomic E-state index is -0.737. The van der Waals surface area contributed by atoms with Crippen LogP contribution in [-0.4, -0.2) is 40.0 Å². The van der Waals surface area contributed by atoms with Crippen molar-refractivity contribution in [3.05, 3.63) is 29.6 Å². The number of carboxylic acids is 1. The molecule has 1 saturated heterocycles. The van der Waals surface area contributed by atoms with Crippen LogP contribution in [0.5, 0.6) is 0 Å². The normalized spacial score (nSPS) is 16.0. The molecule has 0 bridgehead atoms. The molecule has 1 N–H and O–H groups in total. The lowest BCUT2D eigenvalue weighted by Gasteiger charge is -2.32. The molecule has 0 radical (unpaired) electrons. The molecule has 0 aliphatic carbocycles. The Morgan fingerprint density at radius 1 is 1.38 bits per heavy atom. The maximum absolute atomic E-state index is 12.3. The molecule has 2 rings (SSSR count). The molecular formula is C16H22N2O3. The van der Waals surface area contributed by atoms with E-state index in [4.69, 9.17) is 5.11 Å². The van der Waals surface area contributed by atoms with Crippen molar-refractivity contribution in [3.63, 3.8) is 0 Å². The summed E-state index contributed by atoms with van der Waals surface area (Å²) in [5.41, 5.74) is 1.89. The van der Waals surface area contributed by atoms with E-state index in [9.17, 15) is 9.59 Å². The fourth-order valence-corrected chi connectivity index (χ4v) is 2.76. The first kappa shape index (κ1) is 15.5. The molecule has 0 aromatic carbocycles. The maximum Gasteiger partial charge on any atom is 0.303 e. The summed E-state index contributed by atoms with van der Waals surface area (Å²) in [5, 5.41) is 8.70. The molecule has 1 aliphatic rings. The zero-order valence-electron chi connectivity index (χ0n) is 12.4. The third kappa shape index (κ3) is 4.55. The van der Waals surface area contributed by atoms with Crippen LogP contribution in [0.15, 0.2) is 18.3 Å². The predicted octanol–water partition coefficient (Wildman–Crippen LogP) is 2.04. The fraction of sp³-hybridized carbons (Fsp3) is 0.562. The van der Waals surface area contributed by atoms with Gasteiger partial charge in [-0.25, -0.2) is 0 Å². The van der Waals surface area contributed by atoms with Crippen LogP contribution in [0.1, 0.15) is 36.9 Å². The van der Waals surface area contributed by atoms with Gasteiger partial charge >= 0.3 is 5.97 Å². The van der Waals surface area contributed by atoms with E-state index >= 15 is 0 Å². The fourth-order valence-electron chi connectivity index (χ4n) is 2.76. The Labute approximate surface area is 125 Å². The number of aryl methyl sites for hydroxylation is 1. The number of aromatic nitrogens is 1. The van der Waals surface area contributed by atoms with E-state index in [2.05, 4.69) is 4.98 Å². The van der Waals surface area contributed by atoms with Gasteiger partial charge in [0.05, 0.1) is 12.1 Å². The summed E-state index contributed by atoms with van der Waals surface area (Å²) in [6.45, 7) is 3.43. The number of nitrogens with zero attached hydrogens (tertiary/aromatic N) is 2. The molecule has 0 unspecified atom stereocenters. The van der Waals surface area contributed by atoms with Crippen molar-refractivity contribution in [1.82, 2.24) is 9.88 Å². The van der Waals surface area contributed by atoms with Crippen LogP contribution in [0.3, 0.4) is 0 Å². The van der Waals surface area contributed by atoms with Gasteiger partial charge in [-0.1, -0.05) is 6.07 Å². The van der Waals surface area contributed by atoms with Crippen molar-refractivity contribution in [1.29, 1.82) is 0 Å². The highest BCUT2D eigenvalue weighted by Gasteiger charge is 2.23. The standard InChI is InChI=1S/C16H22N2O3/c1-12-3-2-8-17-14(12)11-15(19)18-9-6-13(7-10-18)4-5-16(20)21/h2-3,8,13H,4-7,9-11H2,1H3,(H,20,21). The van der Waals surface area contributed by atoms with Crippen LogP contribution in [0, 0.1) is 12.8 Å². The van der Waals surface area contributed by atoms with Crippen LogP contribution in [0.4, 0.5) is 0 Å². The van der Waals surface area contributed by atoms with Crippen LogP contribution in [0.2, 0.25) is 0 Å². The molecule has 1 fully saturated rings. The quantitative estimate of drug-likeness (QED) is 0.901. The Balaban J connectivity index is 1.81. The summed E-state index contributed by atoms with van der Waals surface area (Å²) >= 11 is 0. The SMILES string of the molecule is Cc1cccnc1CC(=O)N1CCC(CCC(=O)O)CC1. The highest BCUT2D eigenvalue weighted by Crippen LogP contribution is 2.22. The summed E-state index contributed by atoms with van der Waals surface area (Å²) in [5.74, 6) is -0.186. The summed E-state index contributed by atoms with van der Waals surface area (Å²) in [4.78, 5) is 29.0. The minimum Gasteiger partial charge on any atom is -0.481 e. The van der Waals surface area contributed by atoms with E-state index in [1.165, 1.54) is 0 Å². The molecule has 21 heavy (non-hydrogen) atoms. The van der Waals surface area contributed by atoms with Gasteiger partial charge in [0, 0.05) is 25.7 Å². The summed E-state index contributed by atoms with van der Waals surface area (Å²) in [6, 6.07) is 3.84. The number of pyridine rings is 1. The average Bonchev–Trinajstić information content (AvgIpc) is 2.48. The van der Waals surface area contributed by atoms with E-state index in [1.54, 1.807) is 6.20 Å². The first-order valence-corrected chi connectivity index (χ1v) is 7.46. The van der Waals surface area contributed by atoms with Gasteiger partial charge in [0.25, 0.3) is 0 Å². The molecule has 5 heteroatoms. The molecule has 0 atom stereocenters. The van der Waals surface area contributed by atoms with Gasteiger partial charge in [-0.2, -0.15) is 0 Å².